The van der Waals surface area contributed by atoms with E-state index in [1.54, 1.807) is 18.2 Å². The Bertz CT molecular complexity index is 1310. The molecule has 178 valence electrons. The fourth-order valence-electron chi connectivity index (χ4n) is 3.47. The Morgan fingerprint density at radius 1 is 1.06 bits per heavy atom. The van der Waals surface area contributed by atoms with E-state index in [1.165, 1.54) is 30.3 Å². The minimum absolute atomic E-state index is 0.0592. The smallest absolute Gasteiger partial charge is 0.382 e. The van der Waals surface area contributed by atoms with Gasteiger partial charge in [0.25, 0.3) is 0 Å². The molecule has 2 aromatic carbocycles. The van der Waals surface area contributed by atoms with Crippen molar-refractivity contribution in [3.05, 3.63) is 75.4 Å². The predicted molar refractivity (Wildman–Crippen MR) is 119 cm³/mol. The number of nitrogens with zero attached hydrogens (tertiary/aromatic N) is 5. The average molecular weight is 496 g/mol. The number of hydrogen-bond acceptors (Lipinski definition) is 5. The number of alkyl halides is 3. The van der Waals surface area contributed by atoms with E-state index in [9.17, 15) is 27.5 Å². The van der Waals surface area contributed by atoms with Crippen LogP contribution >= 0.6 is 11.6 Å². The van der Waals surface area contributed by atoms with Gasteiger partial charge in [-0.2, -0.15) is 23.4 Å². The second-order valence-electron chi connectivity index (χ2n) is 7.72. The second kappa shape index (κ2) is 9.51. The zero-order chi connectivity index (χ0) is 24.5. The summed E-state index contributed by atoms with van der Waals surface area (Å²) in [6.45, 7) is -1.15. The molecule has 1 atom stereocenters. The molecule has 0 amide bonds. The molecule has 12 heteroatoms. The van der Waals surface area contributed by atoms with Crippen molar-refractivity contribution in [3.8, 4) is 11.4 Å². The lowest BCUT2D eigenvalue weighted by atomic mass is 10.0. The van der Waals surface area contributed by atoms with Gasteiger partial charge in [0.1, 0.15) is 5.82 Å². The Morgan fingerprint density at radius 2 is 1.74 bits per heavy atom. The highest BCUT2D eigenvalue weighted by atomic mass is 35.5. The van der Waals surface area contributed by atoms with Gasteiger partial charge in [0.15, 0.2) is 11.9 Å². The Balaban J connectivity index is 1.57. The molecule has 34 heavy (non-hydrogen) atoms. The van der Waals surface area contributed by atoms with Gasteiger partial charge in [0, 0.05) is 23.4 Å². The van der Waals surface area contributed by atoms with Crippen molar-refractivity contribution in [3.63, 3.8) is 0 Å². The zero-order valence-corrected chi connectivity index (χ0v) is 18.3. The molecule has 1 aromatic heterocycles. The molecule has 0 radical (unpaired) electrons. The van der Waals surface area contributed by atoms with Crippen molar-refractivity contribution in [1.82, 2.24) is 14.3 Å². The summed E-state index contributed by atoms with van der Waals surface area (Å²) in [6, 6.07) is 12.3. The lowest BCUT2D eigenvalue weighted by Gasteiger charge is -2.15. The molecule has 0 saturated heterocycles. The SMILES string of the molecule is O=c1n(CC2=NN=C(Cc3ccccc3F)C2)nc(-c2ccc(Cl)cc2)n1C[C@@H](O)C(F)(F)F. The molecule has 1 N–H and O–H groups in total. The van der Waals surface area contributed by atoms with Gasteiger partial charge < -0.3 is 5.11 Å². The highest BCUT2D eigenvalue weighted by Crippen LogP contribution is 2.24. The first-order valence-electron chi connectivity index (χ1n) is 10.1. The maximum absolute atomic E-state index is 13.9. The topological polar surface area (TPSA) is 84.8 Å². The fourth-order valence-corrected chi connectivity index (χ4v) is 3.59. The monoisotopic (exact) mass is 495 g/mol. The first-order chi connectivity index (χ1) is 16.1. The molecule has 0 fully saturated rings. The van der Waals surface area contributed by atoms with Crippen LogP contribution in [-0.4, -0.2) is 43.2 Å². The van der Waals surface area contributed by atoms with E-state index in [0.717, 1.165) is 9.25 Å². The highest BCUT2D eigenvalue weighted by molar-refractivity contribution is 6.30. The molecular weight excluding hydrogens is 478 g/mol. The molecule has 2 heterocycles. The van der Waals surface area contributed by atoms with Gasteiger partial charge in [-0.25, -0.2) is 13.9 Å². The van der Waals surface area contributed by atoms with Crippen LogP contribution in [0.5, 0.6) is 0 Å². The Morgan fingerprint density at radius 3 is 2.41 bits per heavy atom. The van der Waals surface area contributed by atoms with E-state index in [0.29, 0.717) is 27.6 Å². The Labute approximate surface area is 195 Å². The van der Waals surface area contributed by atoms with E-state index in [-0.39, 0.29) is 31.0 Å². The largest absolute Gasteiger partial charge is 0.416 e. The van der Waals surface area contributed by atoms with E-state index in [1.807, 2.05) is 0 Å². The molecule has 4 rings (SSSR count). The number of benzene rings is 2. The second-order valence-corrected chi connectivity index (χ2v) is 8.15. The third-order valence-electron chi connectivity index (χ3n) is 5.18. The third-order valence-corrected chi connectivity index (χ3v) is 5.44. The van der Waals surface area contributed by atoms with Crippen LogP contribution in [0.1, 0.15) is 12.0 Å². The number of aliphatic hydroxyl groups excluding tert-OH is 1. The minimum atomic E-state index is -4.91. The minimum Gasteiger partial charge on any atom is -0.382 e. The quantitative estimate of drug-likeness (QED) is 0.505. The summed E-state index contributed by atoms with van der Waals surface area (Å²) in [5, 5.41) is 22.2. The number of hydrogen-bond donors (Lipinski definition) is 1. The van der Waals surface area contributed by atoms with E-state index >= 15 is 0 Å². The molecule has 0 unspecified atom stereocenters. The van der Waals surface area contributed by atoms with Crippen LogP contribution in [0.15, 0.2) is 63.5 Å². The van der Waals surface area contributed by atoms with Crippen molar-refractivity contribution in [2.75, 3.05) is 0 Å². The lowest BCUT2D eigenvalue weighted by molar-refractivity contribution is -0.207. The standard InChI is InChI=1S/C22H18ClF4N5O2/c23-15-7-5-13(6-8-15)20-30-32(21(34)31(20)12-19(33)22(25,26)27)11-17-10-16(28-29-17)9-14-3-1-2-4-18(14)24/h1-8,19,33H,9-12H2/t19-/m1/s1. The van der Waals surface area contributed by atoms with Crippen molar-refractivity contribution in [1.29, 1.82) is 0 Å². The Kier molecular flexibility index (Phi) is 6.67. The summed E-state index contributed by atoms with van der Waals surface area (Å²) in [5.41, 5.74) is 0.971. The molecule has 1 aliphatic rings. The number of halogens is 5. The zero-order valence-electron chi connectivity index (χ0n) is 17.5. The van der Waals surface area contributed by atoms with Crippen molar-refractivity contribution in [2.45, 2.75) is 38.2 Å². The predicted octanol–water partition coefficient (Wildman–Crippen LogP) is 3.87. The molecule has 0 saturated carbocycles. The van der Waals surface area contributed by atoms with Crippen LogP contribution in [0.3, 0.4) is 0 Å². The summed E-state index contributed by atoms with van der Waals surface area (Å²) < 4.78 is 54.5. The first kappa shape index (κ1) is 23.8. The van der Waals surface area contributed by atoms with E-state index < -0.39 is 24.5 Å². The van der Waals surface area contributed by atoms with Gasteiger partial charge in [-0.15, -0.1) is 5.10 Å². The van der Waals surface area contributed by atoms with Gasteiger partial charge in [0.2, 0.25) is 0 Å². The molecule has 0 bridgehead atoms. The number of aliphatic hydroxyl groups is 1. The van der Waals surface area contributed by atoms with Gasteiger partial charge in [-0.1, -0.05) is 29.8 Å². The third kappa shape index (κ3) is 5.26. The summed E-state index contributed by atoms with van der Waals surface area (Å²) >= 11 is 5.88. The average Bonchev–Trinajstić information content (AvgIpc) is 3.35. The molecule has 1 aliphatic heterocycles. The molecule has 0 aliphatic carbocycles. The summed E-state index contributed by atoms with van der Waals surface area (Å²) in [5.74, 6) is -0.430. The summed E-state index contributed by atoms with van der Waals surface area (Å²) in [4.78, 5) is 12.9. The molecule has 7 nitrogen and oxygen atoms in total. The van der Waals surface area contributed by atoms with Crippen LogP contribution in [-0.2, 0) is 19.5 Å². The molecular formula is C22H18ClF4N5O2. The maximum Gasteiger partial charge on any atom is 0.416 e. The summed E-state index contributed by atoms with van der Waals surface area (Å²) in [7, 11) is 0. The van der Waals surface area contributed by atoms with Gasteiger partial charge >= 0.3 is 11.9 Å². The first-order valence-corrected chi connectivity index (χ1v) is 10.5. The maximum atomic E-state index is 13.9. The highest BCUT2D eigenvalue weighted by Gasteiger charge is 2.39. The molecule has 3 aromatic rings. The van der Waals surface area contributed by atoms with Gasteiger partial charge in [0.05, 0.1) is 24.5 Å². The van der Waals surface area contributed by atoms with Crippen LogP contribution in [0.4, 0.5) is 17.6 Å². The van der Waals surface area contributed by atoms with E-state index in [4.69, 9.17) is 11.6 Å². The van der Waals surface area contributed by atoms with Crippen molar-refractivity contribution in [2.24, 2.45) is 10.2 Å². The van der Waals surface area contributed by atoms with Crippen LogP contribution < -0.4 is 5.69 Å². The summed E-state index contributed by atoms with van der Waals surface area (Å²) in [6.07, 6.45) is -7.18. The van der Waals surface area contributed by atoms with Gasteiger partial charge in [-0.05, 0) is 35.9 Å². The fraction of sp³-hybridized carbons (Fsp3) is 0.273. The normalized spacial score (nSPS) is 14.8. The number of aromatic nitrogens is 3. The van der Waals surface area contributed by atoms with Crippen LogP contribution in [0.25, 0.3) is 11.4 Å². The number of rotatable bonds is 7. The Hall–Kier alpha value is -3.31. The van der Waals surface area contributed by atoms with Crippen molar-refractivity contribution < 1.29 is 22.7 Å². The molecule has 0 spiro atoms. The van der Waals surface area contributed by atoms with Crippen LogP contribution in [0.2, 0.25) is 5.02 Å². The van der Waals surface area contributed by atoms with Crippen molar-refractivity contribution >= 4 is 23.0 Å². The van der Waals surface area contributed by atoms with E-state index in [2.05, 4.69) is 15.3 Å². The van der Waals surface area contributed by atoms with Crippen LogP contribution in [0, 0.1) is 5.82 Å². The lowest BCUT2D eigenvalue weighted by Crippen LogP contribution is -2.37. The van der Waals surface area contributed by atoms with Gasteiger partial charge in [-0.3, -0.25) is 4.57 Å².